The molecule has 5 heteroatoms. The molecule has 1 rings (SSSR count). The highest BCUT2D eigenvalue weighted by molar-refractivity contribution is 7.91. The van der Waals surface area contributed by atoms with Gasteiger partial charge < -0.3 is 5.73 Å². The van der Waals surface area contributed by atoms with Crippen LogP contribution in [0.4, 0.5) is 0 Å². The standard InChI is InChI=1S/C13H25NO3S/c1-4-9(2)12(14)13(15)10-6-5-7-11(8-10)18(3,16)17/h9-12H,4-8,14H2,1-3H3. The SMILES string of the molecule is CCC(C)C(N)C(=O)C1CCCC(S(C)(=O)=O)C1. The lowest BCUT2D eigenvalue weighted by Gasteiger charge is -2.30. The smallest absolute Gasteiger partial charge is 0.152 e. The van der Waals surface area contributed by atoms with Gasteiger partial charge in [0, 0.05) is 12.2 Å². The lowest BCUT2D eigenvalue weighted by Crippen LogP contribution is -2.43. The third-order valence-corrected chi connectivity index (χ3v) is 5.86. The molecule has 0 radical (unpaired) electrons. The van der Waals surface area contributed by atoms with Crippen LogP contribution >= 0.6 is 0 Å². The molecule has 0 spiro atoms. The molecule has 0 saturated heterocycles. The van der Waals surface area contributed by atoms with Crippen LogP contribution in [0.25, 0.3) is 0 Å². The molecule has 4 unspecified atom stereocenters. The summed E-state index contributed by atoms with van der Waals surface area (Å²) >= 11 is 0. The first-order valence-corrected chi connectivity index (χ1v) is 8.71. The summed E-state index contributed by atoms with van der Waals surface area (Å²) in [7, 11) is -3.04. The molecule has 106 valence electrons. The molecule has 18 heavy (non-hydrogen) atoms. The molecular weight excluding hydrogens is 250 g/mol. The first kappa shape index (κ1) is 15.6. The van der Waals surface area contributed by atoms with Gasteiger partial charge in [0.05, 0.1) is 11.3 Å². The fourth-order valence-corrected chi connectivity index (χ4v) is 3.78. The van der Waals surface area contributed by atoms with Crippen LogP contribution < -0.4 is 5.73 Å². The van der Waals surface area contributed by atoms with Crippen molar-refractivity contribution in [2.24, 2.45) is 17.6 Å². The number of Topliss-reactive ketones (excluding diaryl/α,β-unsaturated/α-hetero) is 1. The Morgan fingerprint density at radius 3 is 2.50 bits per heavy atom. The van der Waals surface area contributed by atoms with E-state index in [1.54, 1.807) is 0 Å². The van der Waals surface area contributed by atoms with E-state index in [1.165, 1.54) is 6.26 Å². The molecule has 4 atom stereocenters. The number of rotatable bonds is 5. The summed E-state index contributed by atoms with van der Waals surface area (Å²) in [6.45, 7) is 3.98. The summed E-state index contributed by atoms with van der Waals surface area (Å²) in [6, 6.07) is -0.446. The van der Waals surface area contributed by atoms with Crippen molar-refractivity contribution in [1.82, 2.24) is 0 Å². The Hall–Kier alpha value is -0.420. The fraction of sp³-hybridized carbons (Fsp3) is 0.923. The van der Waals surface area contributed by atoms with E-state index in [-0.39, 0.29) is 22.9 Å². The molecular formula is C13H25NO3S. The van der Waals surface area contributed by atoms with E-state index >= 15 is 0 Å². The predicted octanol–water partition coefficient (Wildman–Crippen LogP) is 1.53. The highest BCUT2D eigenvalue weighted by Gasteiger charge is 2.35. The van der Waals surface area contributed by atoms with Gasteiger partial charge in [-0.25, -0.2) is 8.42 Å². The summed E-state index contributed by atoms with van der Waals surface area (Å²) in [5.41, 5.74) is 5.96. The summed E-state index contributed by atoms with van der Waals surface area (Å²) in [6.07, 6.45) is 4.87. The molecule has 2 N–H and O–H groups in total. The Kier molecular flexibility index (Phi) is 5.34. The maximum absolute atomic E-state index is 12.3. The minimum Gasteiger partial charge on any atom is -0.321 e. The van der Waals surface area contributed by atoms with Gasteiger partial charge >= 0.3 is 0 Å². The lowest BCUT2D eigenvalue weighted by molar-refractivity contribution is -0.126. The van der Waals surface area contributed by atoms with Gasteiger partial charge in [-0.3, -0.25) is 4.79 Å². The normalized spacial score (nSPS) is 28.7. The average Bonchev–Trinajstić information content (AvgIpc) is 2.35. The molecule has 0 heterocycles. The van der Waals surface area contributed by atoms with Crippen LogP contribution in [-0.2, 0) is 14.6 Å². The number of carbonyl (C=O) groups excluding carboxylic acids is 1. The summed E-state index contributed by atoms with van der Waals surface area (Å²) in [5.74, 6) is 0.0521. The van der Waals surface area contributed by atoms with Crippen LogP contribution in [0, 0.1) is 11.8 Å². The molecule has 0 bridgehead atoms. The second-order valence-corrected chi connectivity index (χ2v) is 7.95. The molecule has 1 aliphatic rings. The van der Waals surface area contributed by atoms with Crippen LogP contribution in [0.5, 0.6) is 0 Å². The van der Waals surface area contributed by atoms with E-state index in [1.807, 2.05) is 13.8 Å². The van der Waals surface area contributed by atoms with Crippen LogP contribution in [0.1, 0.15) is 46.0 Å². The van der Waals surface area contributed by atoms with Crippen molar-refractivity contribution < 1.29 is 13.2 Å². The number of sulfone groups is 1. The van der Waals surface area contributed by atoms with Gasteiger partial charge in [-0.1, -0.05) is 26.7 Å². The van der Waals surface area contributed by atoms with E-state index in [0.717, 1.165) is 19.3 Å². The third kappa shape index (κ3) is 3.79. The van der Waals surface area contributed by atoms with Crippen molar-refractivity contribution in [3.05, 3.63) is 0 Å². The maximum Gasteiger partial charge on any atom is 0.152 e. The summed E-state index contributed by atoms with van der Waals surface area (Å²) in [5, 5.41) is -0.357. The molecule has 0 amide bonds. The summed E-state index contributed by atoms with van der Waals surface area (Å²) in [4.78, 5) is 12.3. The van der Waals surface area contributed by atoms with E-state index in [0.29, 0.717) is 12.8 Å². The zero-order chi connectivity index (χ0) is 13.9. The number of hydrogen-bond acceptors (Lipinski definition) is 4. The van der Waals surface area contributed by atoms with Gasteiger partial charge in [-0.2, -0.15) is 0 Å². The largest absolute Gasteiger partial charge is 0.321 e. The Labute approximate surface area is 110 Å². The highest BCUT2D eigenvalue weighted by Crippen LogP contribution is 2.30. The number of nitrogens with two attached hydrogens (primary N) is 1. The molecule has 1 saturated carbocycles. The van der Waals surface area contributed by atoms with Crippen molar-refractivity contribution in [3.8, 4) is 0 Å². The molecule has 0 aromatic carbocycles. The minimum absolute atomic E-state index is 0.0534. The van der Waals surface area contributed by atoms with E-state index < -0.39 is 15.9 Å². The fourth-order valence-electron chi connectivity index (χ4n) is 2.60. The number of hydrogen-bond donors (Lipinski definition) is 1. The van der Waals surface area contributed by atoms with E-state index in [2.05, 4.69) is 0 Å². The first-order chi connectivity index (χ1) is 8.27. The predicted molar refractivity (Wildman–Crippen MR) is 73.0 cm³/mol. The zero-order valence-electron chi connectivity index (χ0n) is 11.6. The van der Waals surface area contributed by atoms with E-state index in [9.17, 15) is 13.2 Å². The molecule has 0 aliphatic heterocycles. The van der Waals surface area contributed by atoms with Crippen molar-refractivity contribution in [3.63, 3.8) is 0 Å². The van der Waals surface area contributed by atoms with Crippen molar-refractivity contribution >= 4 is 15.6 Å². The van der Waals surface area contributed by atoms with Crippen molar-refractivity contribution in [2.75, 3.05) is 6.26 Å². The summed E-state index contributed by atoms with van der Waals surface area (Å²) < 4.78 is 23.1. The minimum atomic E-state index is -3.04. The monoisotopic (exact) mass is 275 g/mol. The highest BCUT2D eigenvalue weighted by atomic mass is 32.2. The number of carbonyl (C=O) groups is 1. The van der Waals surface area contributed by atoms with E-state index in [4.69, 9.17) is 5.73 Å². The molecule has 0 aromatic rings. The van der Waals surface area contributed by atoms with Crippen molar-refractivity contribution in [2.45, 2.75) is 57.2 Å². The second kappa shape index (κ2) is 6.15. The second-order valence-electron chi connectivity index (χ2n) is 5.63. The average molecular weight is 275 g/mol. The van der Waals surface area contributed by atoms with Gasteiger partial charge in [-0.15, -0.1) is 0 Å². The molecule has 1 fully saturated rings. The molecule has 0 aromatic heterocycles. The molecule has 1 aliphatic carbocycles. The molecule has 4 nitrogen and oxygen atoms in total. The van der Waals surface area contributed by atoms with Crippen LogP contribution in [0.2, 0.25) is 0 Å². The quantitative estimate of drug-likeness (QED) is 0.825. The van der Waals surface area contributed by atoms with Crippen LogP contribution in [0.3, 0.4) is 0 Å². The first-order valence-electron chi connectivity index (χ1n) is 6.75. The Morgan fingerprint density at radius 1 is 1.39 bits per heavy atom. The lowest BCUT2D eigenvalue weighted by atomic mass is 9.80. The zero-order valence-corrected chi connectivity index (χ0v) is 12.4. The Bertz CT molecular complexity index is 391. The van der Waals surface area contributed by atoms with Gasteiger partial charge in [0.25, 0.3) is 0 Å². The van der Waals surface area contributed by atoms with Crippen LogP contribution in [-0.4, -0.2) is 31.7 Å². The topological polar surface area (TPSA) is 77.2 Å². The third-order valence-electron chi connectivity index (χ3n) is 4.22. The van der Waals surface area contributed by atoms with Gasteiger partial charge in [0.2, 0.25) is 0 Å². The van der Waals surface area contributed by atoms with Crippen LogP contribution in [0.15, 0.2) is 0 Å². The van der Waals surface area contributed by atoms with Gasteiger partial charge in [0.1, 0.15) is 9.84 Å². The Balaban J connectivity index is 2.70. The maximum atomic E-state index is 12.3. The van der Waals surface area contributed by atoms with Crippen molar-refractivity contribution in [1.29, 1.82) is 0 Å². The van der Waals surface area contributed by atoms with Gasteiger partial charge in [0.15, 0.2) is 5.78 Å². The number of ketones is 1. The van der Waals surface area contributed by atoms with Gasteiger partial charge in [-0.05, 0) is 25.2 Å². The Morgan fingerprint density at radius 2 is 2.00 bits per heavy atom.